The van der Waals surface area contributed by atoms with Gasteiger partial charge in [0.1, 0.15) is 11.4 Å². The molecule has 0 radical (unpaired) electrons. The van der Waals surface area contributed by atoms with Gasteiger partial charge in [0.05, 0.1) is 33.9 Å². The smallest absolute Gasteiger partial charge is 0.433 e. The molecule has 0 bridgehead atoms. The van der Waals surface area contributed by atoms with E-state index in [1.54, 1.807) is 60.7 Å². The highest BCUT2D eigenvalue weighted by Gasteiger charge is 2.71. The van der Waals surface area contributed by atoms with Crippen molar-refractivity contribution in [2.24, 2.45) is 23.7 Å². The number of benzene rings is 4. The van der Waals surface area contributed by atoms with Crippen molar-refractivity contribution < 1.29 is 37.5 Å². The van der Waals surface area contributed by atoms with Gasteiger partial charge in [-0.2, -0.15) is 18.2 Å². The number of imide groups is 2. The van der Waals surface area contributed by atoms with Crippen LogP contribution < -0.4 is 9.91 Å². The van der Waals surface area contributed by atoms with Crippen LogP contribution in [0.4, 0.5) is 24.7 Å². The van der Waals surface area contributed by atoms with Crippen molar-refractivity contribution in [1.29, 1.82) is 0 Å². The predicted octanol–water partition coefficient (Wildman–Crippen LogP) is 8.48. The lowest BCUT2D eigenvalue weighted by Gasteiger charge is -2.51. The van der Waals surface area contributed by atoms with Crippen LogP contribution >= 0.6 is 23.2 Å². The van der Waals surface area contributed by atoms with Crippen molar-refractivity contribution in [3.05, 3.63) is 142 Å². The molecule has 6 atom stereocenters. The van der Waals surface area contributed by atoms with Crippen LogP contribution in [0, 0.1) is 23.7 Å². The van der Waals surface area contributed by atoms with Gasteiger partial charge >= 0.3 is 6.18 Å². The van der Waals surface area contributed by atoms with Crippen LogP contribution in [0.3, 0.4) is 0 Å². The van der Waals surface area contributed by atoms with Gasteiger partial charge in [-0.15, -0.1) is 0 Å². The molecule has 2 aliphatic heterocycles. The van der Waals surface area contributed by atoms with E-state index in [0.717, 1.165) is 26.4 Å². The second kappa shape index (κ2) is 13.2. The Morgan fingerprint density at radius 1 is 0.842 bits per heavy atom. The second-order valence-corrected chi connectivity index (χ2v) is 15.7. The quantitative estimate of drug-likeness (QED) is 0.140. The summed E-state index contributed by atoms with van der Waals surface area (Å²) in [7, 11) is 1.25. The Bertz CT molecular complexity index is 2590. The van der Waals surface area contributed by atoms with E-state index in [9.17, 15) is 27.9 Å². The van der Waals surface area contributed by atoms with Gasteiger partial charge in [0.25, 0.3) is 11.8 Å². The number of hydrogen-bond donors (Lipinski definition) is 1. The number of pyridine rings is 1. The Morgan fingerprint density at radius 2 is 1.58 bits per heavy atom. The molecule has 4 amide bonds. The molecule has 288 valence electrons. The Kier molecular flexibility index (Phi) is 8.53. The van der Waals surface area contributed by atoms with E-state index >= 15 is 9.59 Å². The van der Waals surface area contributed by atoms with E-state index in [1.807, 2.05) is 30.3 Å². The Balaban J connectivity index is 1.26. The lowest BCUT2D eigenvalue weighted by Crippen LogP contribution is -2.53. The van der Waals surface area contributed by atoms with Gasteiger partial charge in [-0.1, -0.05) is 102 Å². The fourth-order valence-electron chi connectivity index (χ4n) is 9.84. The summed E-state index contributed by atoms with van der Waals surface area (Å²) < 4.78 is 41.2. The first kappa shape index (κ1) is 36.9. The molecule has 2 saturated heterocycles. The van der Waals surface area contributed by atoms with Crippen LogP contribution in [0.15, 0.2) is 115 Å². The maximum absolute atomic E-state index is 15.6. The average Bonchev–Trinajstić information content (AvgIpc) is 3.58. The standard InChI is InChI=1S/C43H31Cl2F3N4O5/c1-50(37-31(45)17-19-33(49-37)43(46,47)48)52-38(54)28-16-15-27-29(34(28)40(52)56)21-30-39(55)51(25-12-7-11-24(44)20-25)41(57)42(30,23-9-3-2-4-10-23)36(27)35-26-13-6-5-8-22(26)14-18-32(35)53/h2-15,17-20,28-30,34,36,53H,16,21H2,1H3. The average molecular weight is 812 g/mol. The minimum absolute atomic E-state index is 0.0346. The number of aromatic hydroxyl groups is 1. The number of alkyl halides is 3. The second-order valence-electron chi connectivity index (χ2n) is 14.8. The van der Waals surface area contributed by atoms with Crippen LogP contribution in [-0.4, -0.2) is 45.8 Å². The number of carbonyl (C=O) groups excluding carboxylic acids is 4. The highest BCUT2D eigenvalue weighted by atomic mass is 35.5. The first-order chi connectivity index (χ1) is 27.2. The highest BCUT2D eigenvalue weighted by molar-refractivity contribution is 6.33. The summed E-state index contributed by atoms with van der Waals surface area (Å²) in [6.45, 7) is 0. The molecule has 1 aromatic heterocycles. The van der Waals surface area contributed by atoms with E-state index in [2.05, 4.69) is 4.98 Å². The summed E-state index contributed by atoms with van der Waals surface area (Å²) in [5.41, 5.74) is -1.14. The third-order valence-electron chi connectivity index (χ3n) is 12.1. The summed E-state index contributed by atoms with van der Waals surface area (Å²) in [5.74, 6) is -8.01. The van der Waals surface area contributed by atoms with Crippen molar-refractivity contribution in [3.63, 3.8) is 0 Å². The Hall–Kier alpha value is -5.72. The van der Waals surface area contributed by atoms with Gasteiger partial charge in [0, 0.05) is 23.6 Å². The summed E-state index contributed by atoms with van der Waals surface area (Å²) in [5, 5.41) is 15.1. The van der Waals surface area contributed by atoms with Gasteiger partial charge in [-0.25, -0.2) is 9.88 Å². The van der Waals surface area contributed by atoms with Crippen LogP contribution in [-0.2, 0) is 30.8 Å². The Morgan fingerprint density at radius 3 is 2.32 bits per heavy atom. The number of amides is 4. The summed E-state index contributed by atoms with van der Waals surface area (Å²) in [6.07, 6.45) is -2.99. The molecule has 3 fully saturated rings. The van der Waals surface area contributed by atoms with Gasteiger partial charge in [0.15, 0.2) is 5.82 Å². The molecule has 9 nitrogen and oxygen atoms in total. The zero-order valence-corrected chi connectivity index (χ0v) is 31.5. The summed E-state index contributed by atoms with van der Waals surface area (Å²) in [4.78, 5) is 64.5. The predicted molar refractivity (Wildman–Crippen MR) is 206 cm³/mol. The molecular weight excluding hydrogens is 780 g/mol. The molecule has 9 rings (SSSR count). The maximum Gasteiger partial charge on any atom is 0.433 e. The molecule has 0 spiro atoms. The zero-order chi connectivity index (χ0) is 40.1. The highest BCUT2D eigenvalue weighted by Crippen LogP contribution is 2.66. The number of rotatable bonds is 5. The monoisotopic (exact) mass is 810 g/mol. The van der Waals surface area contributed by atoms with Crippen LogP contribution in [0.25, 0.3) is 10.8 Å². The first-order valence-electron chi connectivity index (χ1n) is 18.2. The van der Waals surface area contributed by atoms with E-state index in [0.29, 0.717) is 33.2 Å². The molecule has 2 aliphatic carbocycles. The molecule has 1 N–H and O–H groups in total. The third-order valence-corrected chi connectivity index (χ3v) is 12.6. The van der Waals surface area contributed by atoms with E-state index in [-0.39, 0.29) is 29.3 Å². The number of halogens is 5. The number of carbonyl (C=O) groups is 4. The number of phenolic OH excluding ortho intramolecular Hbond substituents is 1. The number of hydrogen-bond acceptors (Lipinski definition) is 7. The van der Waals surface area contributed by atoms with Crippen molar-refractivity contribution in [2.45, 2.75) is 30.4 Å². The minimum atomic E-state index is -4.83. The van der Waals surface area contributed by atoms with Crippen LogP contribution in [0.2, 0.25) is 10.0 Å². The van der Waals surface area contributed by atoms with Gasteiger partial charge in [-0.05, 0) is 71.5 Å². The fourth-order valence-corrected chi connectivity index (χ4v) is 10.2. The molecule has 3 heterocycles. The molecule has 5 aromatic rings. The SMILES string of the molecule is CN(c1nc(C(F)(F)F)ccc1Cl)N1C(=O)C2CC=C3C(CC4C(=O)N(c5cccc(Cl)c5)C(=O)C4(c4ccccc4)C3c3c(O)ccc4ccccc34)C2C1=O. The van der Waals surface area contributed by atoms with Crippen LogP contribution in [0.5, 0.6) is 5.75 Å². The number of fused-ring (bicyclic) bond motifs is 5. The molecular formula is C43H31Cl2F3N4O5. The number of nitrogens with zero attached hydrogens (tertiary/aromatic N) is 4. The summed E-state index contributed by atoms with van der Waals surface area (Å²) >= 11 is 12.7. The largest absolute Gasteiger partial charge is 0.508 e. The van der Waals surface area contributed by atoms with Crippen molar-refractivity contribution in [3.8, 4) is 5.75 Å². The summed E-state index contributed by atoms with van der Waals surface area (Å²) in [6, 6.07) is 27.7. The molecule has 1 saturated carbocycles. The first-order valence-corrected chi connectivity index (χ1v) is 19.0. The Labute approximate surface area is 333 Å². The number of aromatic nitrogens is 1. The molecule has 57 heavy (non-hydrogen) atoms. The normalized spacial score (nSPS) is 25.7. The fraction of sp³-hybridized carbons (Fsp3) is 0.233. The van der Waals surface area contributed by atoms with E-state index in [4.69, 9.17) is 23.2 Å². The topological polar surface area (TPSA) is 111 Å². The minimum Gasteiger partial charge on any atom is -0.508 e. The van der Waals surface area contributed by atoms with Crippen LogP contribution in [0.1, 0.15) is 35.6 Å². The van der Waals surface area contributed by atoms with Crippen molar-refractivity contribution in [2.75, 3.05) is 17.0 Å². The van der Waals surface area contributed by atoms with Crippen molar-refractivity contribution >= 4 is 69.1 Å². The number of anilines is 2. The number of phenols is 1. The lowest BCUT2D eigenvalue weighted by molar-refractivity contribution is -0.141. The van der Waals surface area contributed by atoms with Gasteiger partial charge in [0.2, 0.25) is 11.8 Å². The number of allylic oxidation sites excluding steroid dienone is 2. The molecule has 4 aliphatic rings. The van der Waals surface area contributed by atoms with Gasteiger partial charge < -0.3 is 5.11 Å². The third kappa shape index (κ3) is 5.33. The van der Waals surface area contributed by atoms with Gasteiger partial charge in [-0.3, -0.25) is 24.2 Å². The van der Waals surface area contributed by atoms with E-state index in [1.165, 1.54) is 13.1 Å². The van der Waals surface area contributed by atoms with Crippen molar-refractivity contribution in [1.82, 2.24) is 9.99 Å². The molecule has 14 heteroatoms. The molecule has 4 aromatic carbocycles. The number of hydrazine groups is 1. The lowest BCUT2D eigenvalue weighted by atomic mass is 9.48. The maximum atomic E-state index is 15.6. The zero-order valence-electron chi connectivity index (χ0n) is 30.0. The van der Waals surface area contributed by atoms with E-state index < -0.39 is 76.3 Å². The molecule has 6 unspecified atom stereocenters.